The zero-order valence-electron chi connectivity index (χ0n) is 10.6. The van der Waals surface area contributed by atoms with Crippen molar-refractivity contribution in [2.75, 3.05) is 6.26 Å². The van der Waals surface area contributed by atoms with Crippen molar-refractivity contribution < 1.29 is 17.3 Å². The van der Waals surface area contributed by atoms with Gasteiger partial charge in [0.05, 0.1) is 18.5 Å². The summed E-state index contributed by atoms with van der Waals surface area (Å²) in [4.78, 5) is 0. The minimum absolute atomic E-state index is 0.175. The molecule has 1 heterocycles. The lowest BCUT2D eigenvalue weighted by Crippen LogP contribution is -2.49. The Morgan fingerprint density at radius 2 is 1.75 bits per heavy atom. The maximum atomic E-state index is 11.2. The van der Waals surface area contributed by atoms with Crippen LogP contribution in [0.5, 0.6) is 0 Å². The first kappa shape index (κ1) is 13.9. The van der Waals surface area contributed by atoms with Crippen LogP contribution in [-0.2, 0) is 19.0 Å². The summed E-state index contributed by atoms with van der Waals surface area (Å²) in [5.41, 5.74) is 0. The average Bonchev–Trinajstić information content (AvgIpc) is 2.17. The van der Waals surface area contributed by atoms with Crippen LogP contribution in [0.4, 0.5) is 0 Å². The Kier molecular flexibility index (Phi) is 4.37. The Morgan fingerprint density at radius 1 is 1.19 bits per heavy atom. The molecule has 1 aliphatic heterocycles. The fourth-order valence-corrected chi connectivity index (χ4v) is 3.11. The Balaban J connectivity index is 2.80. The topological polar surface area (TPSA) is 52.6 Å². The van der Waals surface area contributed by atoms with E-state index in [1.54, 1.807) is 0 Å². The summed E-state index contributed by atoms with van der Waals surface area (Å²) >= 11 is 0. The van der Waals surface area contributed by atoms with Gasteiger partial charge >= 0.3 is 0 Å². The molecule has 0 aliphatic carbocycles. The van der Waals surface area contributed by atoms with Crippen LogP contribution in [0.2, 0.25) is 0 Å². The van der Waals surface area contributed by atoms with E-state index in [0.29, 0.717) is 5.92 Å². The van der Waals surface area contributed by atoms with Gasteiger partial charge in [-0.15, -0.1) is 0 Å². The lowest BCUT2D eigenvalue weighted by Gasteiger charge is -2.42. The third-order valence-electron chi connectivity index (χ3n) is 3.47. The zero-order chi connectivity index (χ0) is 12.5. The van der Waals surface area contributed by atoms with Gasteiger partial charge in [0, 0.05) is 0 Å². The van der Waals surface area contributed by atoms with Gasteiger partial charge in [-0.05, 0) is 25.2 Å². The van der Waals surface area contributed by atoms with Crippen molar-refractivity contribution >= 4 is 10.1 Å². The molecule has 0 spiro atoms. The van der Waals surface area contributed by atoms with E-state index < -0.39 is 10.1 Å². The molecule has 1 rings (SSSR count). The van der Waals surface area contributed by atoms with Gasteiger partial charge in [0.25, 0.3) is 10.1 Å². The lowest BCUT2D eigenvalue weighted by atomic mass is 9.81. The maximum absolute atomic E-state index is 11.2. The second kappa shape index (κ2) is 5.02. The molecule has 1 saturated heterocycles. The largest absolute Gasteiger partial charge is 0.372 e. The summed E-state index contributed by atoms with van der Waals surface area (Å²) < 4.78 is 33.2. The number of rotatable bonds is 3. The van der Waals surface area contributed by atoms with Gasteiger partial charge in [-0.3, -0.25) is 4.18 Å². The minimum Gasteiger partial charge on any atom is -0.372 e. The summed E-state index contributed by atoms with van der Waals surface area (Å²) in [7, 11) is -3.42. The molecule has 1 fully saturated rings. The van der Waals surface area contributed by atoms with Gasteiger partial charge in [-0.1, -0.05) is 20.8 Å². The van der Waals surface area contributed by atoms with Crippen LogP contribution in [-0.4, -0.2) is 33.0 Å². The molecule has 96 valence electrons. The molecule has 0 radical (unpaired) electrons. The predicted octanol–water partition coefficient (Wildman–Crippen LogP) is 1.80. The highest BCUT2D eigenvalue weighted by Crippen LogP contribution is 2.34. The molecule has 1 aliphatic rings. The van der Waals surface area contributed by atoms with E-state index in [-0.39, 0.29) is 24.2 Å². The van der Waals surface area contributed by atoms with E-state index in [2.05, 4.69) is 13.8 Å². The Hall–Kier alpha value is -0.130. The molecule has 0 aromatic heterocycles. The molecule has 5 heteroatoms. The van der Waals surface area contributed by atoms with Crippen molar-refractivity contribution in [2.45, 2.75) is 52.4 Å². The van der Waals surface area contributed by atoms with Crippen molar-refractivity contribution in [1.82, 2.24) is 0 Å². The first-order valence-corrected chi connectivity index (χ1v) is 7.61. The van der Waals surface area contributed by atoms with Gasteiger partial charge < -0.3 is 4.74 Å². The third-order valence-corrected chi connectivity index (χ3v) is 4.05. The van der Waals surface area contributed by atoms with Crippen molar-refractivity contribution in [2.24, 2.45) is 11.8 Å². The normalized spacial score (nSPS) is 40.9. The summed E-state index contributed by atoms with van der Waals surface area (Å²) in [6.07, 6.45) is 1.69. The molecule has 0 bridgehead atoms. The highest BCUT2D eigenvalue weighted by atomic mass is 32.2. The van der Waals surface area contributed by atoms with Crippen LogP contribution in [0.1, 0.15) is 34.1 Å². The van der Waals surface area contributed by atoms with Crippen LogP contribution >= 0.6 is 0 Å². The van der Waals surface area contributed by atoms with Gasteiger partial charge in [0.15, 0.2) is 0 Å². The molecule has 0 amide bonds. The van der Waals surface area contributed by atoms with Crippen molar-refractivity contribution in [3.63, 3.8) is 0 Å². The molecule has 4 nitrogen and oxygen atoms in total. The molecule has 0 saturated carbocycles. The zero-order valence-corrected chi connectivity index (χ0v) is 11.5. The second-order valence-corrected chi connectivity index (χ2v) is 6.37. The SMILES string of the molecule is CC[C@H]1O[C@@H](C)[C@@H](OS(C)(=O)=O)[C@@H](C)[C@@H]1C. The van der Waals surface area contributed by atoms with E-state index in [9.17, 15) is 8.42 Å². The van der Waals surface area contributed by atoms with E-state index in [1.165, 1.54) is 0 Å². The van der Waals surface area contributed by atoms with E-state index in [0.717, 1.165) is 12.7 Å². The highest BCUT2D eigenvalue weighted by molar-refractivity contribution is 7.86. The van der Waals surface area contributed by atoms with E-state index >= 15 is 0 Å². The quantitative estimate of drug-likeness (QED) is 0.717. The molecular formula is C11H22O4S. The molecular weight excluding hydrogens is 228 g/mol. The van der Waals surface area contributed by atoms with Gasteiger partial charge in [0.2, 0.25) is 0 Å². The second-order valence-electron chi connectivity index (χ2n) is 4.77. The first-order valence-electron chi connectivity index (χ1n) is 5.80. The van der Waals surface area contributed by atoms with Crippen molar-refractivity contribution in [3.05, 3.63) is 0 Å². The minimum atomic E-state index is -3.42. The average molecular weight is 250 g/mol. The molecule has 16 heavy (non-hydrogen) atoms. The first-order chi connectivity index (χ1) is 7.26. The molecule has 5 atom stereocenters. The van der Waals surface area contributed by atoms with Crippen LogP contribution in [0, 0.1) is 11.8 Å². The maximum Gasteiger partial charge on any atom is 0.264 e. The summed E-state index contributed by atoms with van der Waals surface area (Å²) in [5.74, 6) is 0.497. The number of ether oxygens (including phenoxy) is 1. The smallest absolute Gasteiger partial charge is 0.264 e. The monoisotopic (exact) mass is 250 g/mol. The summed E-state index contributed by atoms with van der Waals surface area (Å²) in [6.45, 7) is 8.07. The summed E-state index contributed by atoms with van der Waals surface area (Å²) in [6, 6.07) is 0. The predicted molar refractivity (Wildman–Crippen MR) is 62.7 cm³/mol. The van der Waals surface area contributed by atoms with Gasteiger partial charge in [-0.25, -0.2) is 0 Å². The van der Waals surface area contributed by atoms with Crippen LogP contribution < -0.4 is 0 Å². The van der Waals surface area contributed by atoms with E-state index in [4.69, 9.17) is 8.92 Å². The Morgan fingerprint density at radius 3 is 2.19 bits per heavy atom. The Labute approximate surface area is 98.4 Å². The highest BCUT2D eigenvalue weighted by Gasteiger charge is 2.40. The lowest BCUT2D eigenvalue weighted by molar-refractivity contribution is -0.151. The number of hydrogen-bond donors (Lipinski definition) is 0. The molecule has 0 unspecified atom stereocenters. The van der Waals surface area contributed by atoms with Crippen LogP contribution in [0.25, 0.3) is 0 Å². The van der Waals surface area contributed by atoms with Crippen molar-refractivity contribution in [1.29, 1.82) is 0 Å². The van der Waals surface area contributed by atoms with Crippen LogP contribution in [0.3, 0.4) is 0 Å². The standard InChI is InChI=1S/C11H22O4S/c1-6-10-7(2)8(3)11(9(4)14-10)15-16(5,12)13/h7-11H,6H2,1-5H3/t7-,8-,9-,10+,11-/m0/s1. The van der Waals surface area contributed by atoms with Crippen LogP contribution in [0.15, 0.2) is 0 Å². The fourth-order valence-electron chi connectivity index (χ4n) is 2.38. The fraction of sp³-hybridized carbons (Fsp3) is 1.00. The molecule has 0 aromatic rings. The third kappa shape index (κ3) is 3.18. The Bertz CT molecular complexity index is 325. The molecule has 0 N–H and O–H groups in total. The van der Waals surface area contributed by atoms with Gasteiger partial charge in [-0.2, -0.15) is 8.42 Å². The molecule has 0 aromatic carbocycles. The number of hydrogen-bond acceptors (Lipinski definition) is 4. The van der Waals surface area contributed by atoms with E-state index in [1.807, 2.05) is 13.8 Å². The summed E-state index contributed by atoms with van der Waals surface area (Å²) in [5, 5.41) is 0. The van der Waals surface area contributed by atoms with Gasteiger partial charge in [0.1, 0.15) is 6.10 Å². The van der Waals surface area contributed by atoms with Crippen molar-refractivity contribution in [3.8, 4) is 0 Å².